The van der Waals surface area contributed by atoms with E-state index in [1.807, 2.05) is 25.1 Å². The Morgan fingerprint density at radius 2 is 2.25 bits per heavy atom. The first kappa shape index (κ1) is 11.9. The van der Waals surface area contributed by atoms with Gasteiger partial charge in [0.25, 0.3) is 0 Å². The number of aliphatic hydroxyl groups excluding tert-OH is 1. The van der Waals surface area contributed by atoms with Gasteiger partial charge in [0, 0.05) is 10.0 Å². The summed E-state index contributed by atoms with van der Waals surface area (Å²) in [6.45, 7) is 2.59. The fourth-order valence-electron chi connectivity index (χ4n) is 1.86. The maximum atomic E-state index is 10.2. The molecular weight excluding hydrogens is 268 g/mol. The summed E-state index contributed by atoms with van der Waals surface area (Å²) in [5.41, 5.74) is 0.906. The smallest absolute Gasteiger partial charge is 0.125 e. The van der Waals surface area contributed by atoms with Crippen molar-refractivity contribution < 1.29 is 9.84 Å². The molecule has 0 bridgehead atoms. The Balaban J connectivity index is 2.17. The van der Waals surface area contributed by atoms with Crippen LogP contribution in [0.1, 0.15) is 37.9 Å². The third kappa shape index (κ3) is 2.98. The lowest BCUT2D eigenvalue weighted by molar-refractivity contribution is 0.155. The minimum Gasteiger partial charge on any atom is -0.493 e. The summed E-state index contributed by atoms with van der Waals surface area (Å²) in [4.78, 5) is 0. The van der Waals surface area contributed by atoms with E-state index in [2.05, 4.69) is 15.9 Å². The first-order valence-electron chi connectivity index (χ1n) is 5.81. The van der Waals surface area contributed by atoms with Gasteiger partial charge in [0.2, 0.25) is 0 Å². The minimum atomic E-state index is -0.397. The molecule has 1 aliphatic carbocycles. The Morgan fingerprint density at radius 1 is 1.50 bits per heavy atom. The quantitative estimate of drug-likeness (QED) is 0.894. The SMILES string of the molecule is CCOc1ccc(Br)cc1C(O)CC1CC1. The highest BCUT2D eigenvalue weighted by Crippen LogP contribution is 2.40. The largest absolute Gasteiger partial charge is 0.493 e. The molecule has 1 saturated carbocycles. The van der Waals surface area contributed by atoms with E-state index in [9.17, 15) is 5.11 Å². The fourth-order valence-corrected chi connectivity index (χ4v) is 2.24. The lowest BCUT2D eigenvalue weighted by Gasteiger charge is -2.15. The molecule has 0 spiro atoms. The van der Waals surface area contributed by atoms with Crippen LogP contribution in [0.2, 0.25) is 0 Å². The van der Waals surface area contributed by atoms with Gasteiger partial charge in [0.15, 0.2) is 0 Å². The standard InChI is InChI=1S/C13H17BrO2/c1-2-16-13-6-5-10(14)8-11(13)12(15)7-9-3-4-9/h5-6,8-9,12,15H,2-4,7H2,1H3. The second kappa shape index (κ2) is 5.19. The topological polar surface area (TPSA) is 29.5 Å². The van der Waals surface area contributed by atoms with Gasteiger partial charge in [-0.3, -0.25) is 0 Å². The Labute approximate surface area is 105 Å². The molecule has 1 unspecified atom stereocenters. The number of halogens is 1. The molecule has 0 heterocycles. The normalized spacial score (nSPS) is 17.2. The van der Waals surface area contributed by atoms with Crippen LogP contribution in [0.15, 0.2) is 22.7 Å². The first-order chi connectivity index (χ1) is 7.70. The number of rotatable bonds is 5. The van der Waals surface area contributed by atoms with Crippen molar-refractivity contribution in [2.45, 2.75) is 32.3 Å². The van der Waals surface area contributed by atoms with Gasteiger partial charge in [-0.1, -0.05) is 28.8 Å². The summed E-state index contributed by atoms with van der Waals surface area (Å²) in [5, 5.41) is 10.2. The second-order valence-electron chi connectivity index (χ2n) is 4.31. The molecule has 1 fully saturated rings. The molecule has 3 heteroatoms. The van der Waals surface area contributed by atoms with E-state index >= 15 is 0 Å². The molecule has 1 atom stereocenters. The van der Waals surface area contributed by atoms with Crippen LogP contribution in [-0.4, -0.2) is 11.7 Å². The van der Waals surface area contributed by atoms with Crippen LogP contribution in [0.3, 0.4) is 0 Å². The molecule has 0 saturated heterocycles. The van der Waals surface area contributed by atoms with Crippen LogP contribution in [0.25, 0.3) is 0 Å². The van der Waals surface area contributed by atoms with Gasteiger partial charge in [0.1, 0.15) is 5.75 Å². The zero-order valence-electron chi connectivity index (χ0n) is 9.45. The average molecular weight is 285 g/mol. The minimum absolute atomic E-state index is 0.397. The van der Waals surface area contributed by atoms with Gasteiger partial charge < -0.3 is 9.84 Å². The molecule has 16 heavy (non-hydrogen) atoms. The predicted octanol–water partition coefficient (Wildman–Crippen LogP) is 3.68. The van der Waals surface area contributed by atoms with E-state index < -0.39 is 6.10 Å². The molecule has 1 N–H and O–H groups in total. The monoisotopic (exact) mass is 284 g/mol. The van der Waals surface area contributed by atoms with Gasteiger partial charge in [-0.2, -0.15) is 0 Å². The van der Waals surface area contributed by atoms with Gasteiger partial charge in [-0.05, 0) is 37.5 Å². The number of benzene rings is 1. The molecule has 0 radical (unpaired) electrons. The van der Waals surface area contributed by atoms with Crippen molar-refractivity contribution in [3.8, 4) is 5.75 Å². The number of aliphatic hydroxyl groups is 1. The maximum Gasteiger partial charge on any atom is 0.125 e. The highest BCUT2D eigenvalue weighted by atomic mass is 79.9. The van der Waals surface area contributed by atoms with E-state index in [4.69, 9.17) is 4.74 Å². The molecule has 0 amide bonds. The molecular formula is C13H17BrO2. The Hall–Kier alpha value is -0.540. The molecule has 1 aromatic carbocycles. The summed E-state index contributed by atoms with van der Waals surface area (Å²) < 4.78 is 6.52. The van der Waals surface area contributed by atoms with Gasteiger partial charge in [-0.15, -0.1) is 0 Å². The van der Waals surface area contributed by atoms with E-state index in [-0.39, 0.29) is 0 Å². The Morgan fingerprint density at radius 3 is 2.88 bits per heavy atom. The van der Waals surface area contributed by atoms with Gasteiger partial charge >= 0.3 is 0 Å². The Bertz CT molecular complexity index is 361. The van der Waals surface area contributed by atoms with Crippen LogP contribution in [-0.2, 0) is 0 Å². The summed E-state index contributed by atoms with van der Waals surface area (Å²) in [6, 6.07) is 5.81. The lowest BCUT2D eigenvalue weighted by atomic mass is 10.0. The molecule has 1 aliphatic rings. The van der Waals surface area contributed by atoms with Crippen LogP contribution in [0.4, 0.5) is 0 Å². The number of hydrogen-bond donors (Lipinski definition) is 1. The van der Waals surface area contributed by atoms with Crippen molar-refractivity contribution in [1.29, 1.82) is 0 Å². The summed E-state index contributed by atoms with van der Waals surface area (Å²) in [6.07, 6.45) is 2.98. The van der Waals surface area contributed by atoms with Crippen molar-refractivity contribution in [1.82, 2.24) is 0 Å². The van der Waals surface area contributed by atoms with Gasteiger partial charge in [0.05, 0.1) is 12.7 Å². The highest BCUT2D eigenvalue weighted by molar-refractivity contribution is 9.10. The van der Waals surface area contributed by atoms with Crippen LogP contribution < -0.4 is 4.74 Å². The Kier molecular flexibility index (Phi) is 3.87. The zero-order valence-corrected chi connectivity index (χ0v) is 11.0. The zero-order chi connectivity index (χ0) is 11.5. The van der Waals surface area contributed by atoms with Crippen LogP contribution in [0.5, 0.6) is 5.75 Å². The molecule has 0 aromatic heterocycles. The van der Waals surface area contributed by atoms with E-state index in [1.54, 1.807) is 0 Å². The summed E-state index contributed by atoms with van der Waals surface area (Å²) in [5.74, 6) is 1.52. The third-order valence-corrected chi connectivity index (χ3v) is 3.38. The molecule has 0 aliphatic heterocycles. The number of hydrogen-bond acceptors (Lipinski definition) is 2. The first-order valence-corrected chi connectivity index (χ1v) is 6.60. The summed E-state index contributed by atoms with van der Waals surface area (Å²) >= 11 is 3.43. The lowest BCUT2D eigenvalue weighted by Crippen LogP contribution is -2.03. The van der Waals surface area contributed by atoms with Gasteiger partial charge in [-0.25, -0.2) is 0 Å². The van der Waals surface area contributed by atoms with Crippen molar-refractivity contribution in [3.05, 3.63) is 28.2 Å². The fraction of sp³-hybridized carbons (Fsp3) is 0.538. The number of ether oxygens (including phenoxy) is 1. The second-order valence-corrected chi connectivity index (χ2v) is 5.23. The van der Waals surface area contributed by atoms with E-state index in [0.717, 1.165) is 22.2 Å². The molecule has 88 valence electrons. The van der Waals surface area contributed by atoms with E-state index in [0.29, 0.717) is 12.5 Å². The average Bonchev–Trinajstić information content (AvgIpc) is 3.05. The molecule has 1 aromatic rings. The van der Waals surface area contributed by atoms with Crippen molar-refractivity contribution in [3.63, 3.8) is 0 Å². The third-order valence-electron chi connectivity index (χ3n) is 2.88. The van der Waals surface area contributed by atoms with Crippen LogP contribution in [0, 0.1) is 5.92 Å². The van der Waals surface area contributed by atoms with Crippen molar-refractivity contribution in [2.24, 2.45) is 5.92 Å². The van der Waals surface area contributed by atoms with Crippen molar-refractivity contribution in [2.75, 3.05) is 6.61 Å². The highest BCUT2D eigenvalue weighted by Gasteiger charge is 2.26. The maximum absolute atomic E-state index is 10.2. The van der Waals surface area contributed by atoms with E-state index in [1.165, 1.54) is 12.8 Å². The van der Waals surface area contributed by atoms with Crippen molar-refractivity contribution >= 4 is 15.9 Å². The predicted molar refractivity (Wildman–Crippen MR) is 67.6 cm³/mol. The van der Waals surface area contributed by atoms with Crippen LogP contribution >= 0.6 is 15.9 Å². The summed E-state index contributed by atoms with van der Waals surface area (Å²) in [7, 11) is 0. The molecule has 2 nitrogen and oxygen atoms in total. The molecule has 2 rings (SSSR count).